The third-order valence-corrected chi connectivity index (χ3v) is 2.20. The van der Waals surface area contributed by atoms with Gasteiger partial charge in [0.1, 0.15) is 0 Å². The van der Waals surface area contributed by atoms with Crippen LogP contribution < -0.4 is 0 Å². The van der Waals surface area contributed by atoms with E-state index in [0.717, 1.165) is 26.1 Å². The second-order valence-electron chi connectivity index (χ2n) is 3.06. The minimum atomic E-state index is 0.247. The maximum absolute atomic E-state index is 11.2. The van der Waals surface area contributed by atoms with Crippen molar-refractivity contribution >= 4 is 5.91 Å². The lowest BCUT2D eigenvalue weighted by atomic mass is 10.3. The molecule has 1 unspecified atom stereocenters. The number of carbonyl (C=O) groups is 1. The van der Waals surface area contributed by atoms with Gasteiger partial charge in [-0.1, -0.05) is 20.8 Å². The molecule has 84 valence electrons. The molecule has 0 aliphatic carbocycles. The van der Waals surface area contributed by atoms with Gasteiger partial charge in [0.2, 0.25) is 5.91 Å². The minimum Gasteiger partial charge on any atom is -0.377 e. The summed E-state index contributed by atoms with van der Waals surface area (Å²) in [5.41, 5.74) is 0. The van der Waals surface area contributed by atoms with Gasteiger partial charge in [-0.3, -0.25) is 4.79 Å². The summed E-state index contributed by atoms with van der Waals surface area (Å²) in [6, 6.07) is 0. The van der Waals surface area contributed by atoms with Gasteiger partial charge in [-0.05, 0) is 13.3 Å². The third kappa shape index (κ3) is 4.09. The summed E-state index contributed by atoms with van der Waals surface area (Å²) in [4.78, 5) is 13.1. The largest absolute Gasteiger partial charge is 0.377 e. The van der Waals surface area contributed by atoms with Gasteiger partial charge in [0.25, 0.3) is 0 Å². The Hall–Kier alpha value is -0.570. The van der Waals surface area contributed by atoms with Crippen LogP contribution in [-0.2, 0) is 9.53 Å². The van der Waals surface area contributed by atoms with Crippen molar-refractivity contribution in [3.05, 3.63) is 0 Å². The van der Waals surface area contributed by atoms with Crippen molar-refractivity contribution in [2.75, 3.05) is 19.7 Å². The second-order valence-corrected chi connectivity index (χ2v) is 3.06. The van der Waals surface area contributed by atoms with E-state index in [1.807, 2.05) is 32.6 Å². The Kier molecular flexibility index (Phi) is 7.48. The molecule has 3 heteroatoms. The molecule has 0 aromatic carbocycles. The second kappa shape index (κ2) is 7.80. The maximum atomic E-state index is 11.2. The van der Waals surface area contributed by atoms with Crippen molar-refractivity contribution in [1.82, 2.24) is 4.90 Å². The molecule has 0 spiro atoms. The molecular formula is C11H23NO2. The fourth-order valence-corrected chi connectivity index (χ4v) is 1.55. The van der Waals surface area contributed by atoms with Gasteiger partial charge in [0, 0.05) is 26.1 Å². The van der Waals surface area contributed by atoms with Crippen LogP contribution in [0.5, 0.6) is 0 Å². The summed E-state index contributed by atoms with van der Waals surface area (Å²) in [7, 11) is 0. The van der Waals surface area contributed by atoms with Crippen LogP contribution in [0.25, 0.3) is 0 Å². The first-order chi connectivity index (χ1) is 6.77. The maximum Gasteiger partial charge on any atom is 0.222 e. The van der Waals surface area contributed by atoms with E-state index < -0.39 is 0 Å². The number of carbonyl (C=O) groups excluding carboxylic acids is 1. The molecule has 3 nitrogen and oxygen atoms in total. The number of rotatable bonds is 3. The van der Waals surface area contributed by atoms with Gasteiger partial charge < -0.3 is 9.64 Å². The molecular weight excluding hydrogens is 178 g/mol. The SMILES string of the molecule is CC.CCOC1CCN(C(=O)CC)C1. The molecule has 0 aromatic heterocycles. The smallest absolute Gasteiger partial charge is 0.222 e. The highest BCUT2D eigenvalue weighted by Crippen LogP contribution is 2.13. The summed E-state index contributed by atoms with van der Waals surface area (Å²) in [6.07, 6.45) is 1.89. The van der Waals surface area contributed by atoms with Crippen molar-refractivity contribution in [2.24, 2.45) is 0 Å². The Balaban J connectivity index is 0.000000791. The first-order valence-electron chi connectivity index (χ1n) is 5.67. The van der Waals surface area contributed by atoms with Gasteiger partial charge in [-0.25, -0.2) is 0 Å². The Bertz CT molecular complexity index is 159. The van der Waals surface area contributed by atoms with E-state index in [2.05, 4.69) is 0 Å². The molecule has 0 saturated carbocycles. The normalized spacial score (nSPS) is 20.3. The van der Waals surface area contributed by atoms with E-state index in [1.54, 1.807) is 0 Å². The van der Waals surface area contributed by atoms with Crippen LogP contribution >= 0.6 is 0 Å². The molecule has 1 fully saturated rings. The Morgan fingerprint density at radius 1 is 1.43 bits per heavy atom. The molecule has 1 amide bonds. The quantitative estimate of drug-likeness (QED) is 0.699. The Morgan fingerprint density at radius 3 is 2.57 bits per heavy atom. The molecule has 1 aliphatic heterocycles. The van der Waals surface area contributed by atoms with Gasteiger partial charge >= 0.3 is 0 Å². The van der Waals surface area contributed by atoms with Gasteiger partial charge in [0.15, 0.2) is 0 Å². The third-order valence-electron chi connectivity index (χ3n) is 2.20. The van der Waals surface area contributed by atoms with E-state index >= 15 is 0 Å². The standard InChI is InChI=1S/C9H17NO2.C2H6/c1-3-9(11)10-6-5-8(7-10)12-4-2;1-2/h8H,3-7H2,1-2H3;1-2H3. The van der Waals surface area contributed by atoms with Gasteiger partial charge in [0.05, 0.1) is 6.10 Å². The average Bonchev–Trinajstić information content (AvgIpc) is 2.69. The lowest BCUT2D eigenvalue weighted by molar-refractivity contribution is -0.130. The van der Waals surface area contributed by atoms with Gasteiger partial charge in [-0.2, -0.15) is 0 Å². The summed E-state index contributed by atoms with van der Waals surface area (Å²) >= 11 is 0. The Labute approximate surface area is 87.4 Å². The first-order valence-corrected chi connectivity index (χ1v) is 5.67. The predicted octanol–water partition coefficient (Wildman–Crippen LogP) is 2.06. The van der Waals surface area contributed by atoms with E-state index in [4.69, 9.17) is 4.74 Å². The van der Waals surface area contributed by atoms with Crippen molar-refractivity contribution in [3.8, 4) is 0 Å². The van der Waals surface area contributed by atoms with Crippen molar-refractivity contribution in [1.29, 1.82) is 0 Å². The Morgan fingerprint density at radius 2 is 2.07 bits per heavy atom. The lowest BCUT2D eigenvalue weighted by Gasteiger charge is -2.15. The van der Waals surface area contributed by atoms with Gasteiger partial charge in [-0.15, -0.1) is 0 Å². The number of hydrogen-bond acceptors (Lipinski definition) is 2. The highest BCUT2D eigenvalue weighted by molar-refractivity contribution is 5.76. The molecule has 0 aromatic rings. The monoisotopic (exact) mass is 201 g/mol. The number of amides is 1. The summed E-state index contributed by atoms with van der Waals surface area (Å²) in [5, 5.41) is 0. The average molecular weight is 201 g/mol. The predicted molar refractivity (Wildman–Crippen MR) is 58.3 cm³/mol. The minimum absolute atomic E-state index is 0.247. The molecule has 1 atom stereocenters. The first kappa shape index (κ1) is 13.4. The number of nitrogens with zero attached hydrogens (tertiary/aromatic N) is 1. The van der Waals surface area contributed by atoms with E-state index in [0.29, 0.717) is 6.42 Å². The van der Waals surface area contributed by atoms with Crippen LogP contribution in [0, 0.1) is 0 Å². The molecule has 1 heterocycles. The molecule has 0 bridgehead atoms. The van der Waals surface area contributed by atoms with E-state index in [9.17, 15) is 4.79 Å². The molecule has 14 heavy (non-hydrogen) atoms. The zero-order valence-electron chi connectivity index (χ0n) is 9.88. The van der Waals surface area contributed by atoms with Crippen LogP contribution in [0.15, 0.2) is 0 Å². The summed E-state index contributed by atoms with van der Waals surface area (Å²) in [5.74, 6) is 0.247. The summed E-state index contributed by atoms with van der Waals surface area (Å²) < 4.78 is 5.43. The van der Waals surface area contributed by atoms with Crippen molar-refractivity contribution in [3.63, 3.8) is 0 Å². The van der Waals surface area contributed by atoms with E-state index in [-0.39, 0.29) is 12.0 Å². The van der Waals surface area contributed by atoms with Crippen molar-refractivity contribution < 1.29 is 9.53 Å². The van der Waals surface area contributed by atoms with E-state index in [1.165, 1.54) is 0 Å². The summed E-state index contributed by atoms with van der Waals surface area (Å²) in [6.45, 7) is 10.3. The number of likely N-dealkylation sites (tertiary alicyclic amines) is 1. The molecule has 0 N–H and O–H groups in total. The zero-order chi connectivity index (χ0) is 11.0. The van der Waals surface area contributed by atoms with Crippen molar-refractivity contribution in [2.45, 2.75) is 46.6 Å². The molecule has 1 saturated heterocycles. The number of ether oxygens (including phenoxy) is 1. The number of hydrogen-bond donors (Lipinski definition) is 0. The topological polar surface area (TPSA) is 29.5 Å². The highest BCUT2D eigenvalue weighted by atomic mass is 16.5. The van der Waals surface area contributed by atoms with Crippen LogP contribution in [0.4, 0.5) is 0 Å². The fraction of sp³-hybridized carbons (Fsp3) is 0.909. The fourth-order valence-electron chi connectivity index (χ4n) is 1.55. The lowest BCUT2D eigenvalue weighted by Crippen LogP contribution is -2.29. The molecule has 1 rings (SSSR count). The zero-order valence-corrected chi connectivity index (χ0v) is 9.88. The molecule has 1 aliphatic rings. The van der Waals surface area contributed by atoms with Crippen LogP contribution in [-0.4, -0.2) is 36.6 Å². The van der Waals surface area contributed by atoms with Crippen LogP contribution in [0.1, 0.15) is 40.5 Å². The highest BCUT2D eigenvalue weighted by Gasteiger charge is 2.24. The molecule has 0 radical (unpaired) electrons. The van der Waals surface area contributed by atoms with Crippen LogP contribution in [0.2, 0.25) is 0 Å². The van der Waals surface area contributed by atoms with Crippen LogP contribution in [0.3, 0.4) is 0 Å².